The fourth-order valence-electron chi connectivity index (χ4n) is 1.16. The van der Waals surface area contributed by atoms with Crippen LogP contribution in [-0.4, -0.2) is 41.8 Å². The van der Waals surface area contributed by atoms with Gasteiger partial charge in [-0.1, -0.05) is 0 Å². The molecule has 0 spiro atoms. The van der Waals surface area contributed by atoms with Gasteiger partial charge in [-0.05, 0) is 13.3 Å². The lowest BCUT2D eigenvalue weighted by Gasteiger charge is -2.18. The fraction of sp³-hybridized carbons (Fsp3) is 0.600. The van der Waals surface area contributed by atoms with E-state index in [1.807, 2.05) is 19.0 Å². The van der Waals surface area contributed by atoms with Gasteiger partial charge in [0.15, 0.2) is 0 Å². The molecule has 0 saturated heterocycles. The van der Waals surface area contributed by atoms with Crippen molar-refractivity contribution in [3.63, 3.8) is 0 Å². The maximum absolute atomic E-state index is 9.17. The Morgan fingerprint density at radius 3 is 2.87 bits per heavy atom. The van der Waals surface area contributed by atoms with Crippen molar-refractivity contribution in [1.82, 2.24) is 9.97 Å². The summed E-state index contributed by atoms with van der Waals surface area (Å²) in [6, 6.07) is 0. The van der Waals surface area contributed by atoms with E-state index in [0.29, 0.717) is 0 Å². The van der Waals surface area contributed by atoms with E-state index in [-0.39, 0.29) is 6.10 Å². The lowest BCUT2D eigenvalue weighted by atomic mass is 10.3. The molecule has 1 rings (SSSR count). The van der Waals surface area contributed by atoms with Crippen LogP contribution in [0, 0.1) is 0 Å². The second-order valence-corrected chi connectivity index (χ2v) is 3.57. The van der Waals surface area contributed by atoms with Gasteiger partial charge in [0.05, 0.1) is 18.5 Å². The first-order valence-electron chi connectivity index (χ1n) is 5.02. The molecule has 1 aromatic rings. The van der Waals surface area contributed by atoms with E-state index < -0.39 is 0 Å². The van der Waals surface area contributed by atoms with Crippen LogP contribution in [0.3, 0.4) is 0 Å². The smallest absolute Gasteiger partial charge is 0.149 e. The summed E-state index contributed by atoms with van der Waals surface area (Å²) in [5.74, 6) is 1.55. The van der Waals surface area contributed by atoms with Gasteiger partial charge in [-0.15, -0.1) is 0 Å². The highest BCUT2D eigenvalue weighted by Gasteiger charge is 2.05. The number of anilines is 2. The van der Waals surface area contributed by atoms with Crippen molar-refractivity contribution >= 4 is 11.6 Å². The second-order valence-electron chi connectivity index (χ2n) is 3.57. The summed E-state index contributed by atoms with van der Waals surface area (Å²) in [5, 5.41) is 12.1. The Kier molecular flexibility index (Phi) is 4.30. The molecule has 2 N–H and O–H groups in total. The summed E-state index contributed by atoms with van der Waals surface area (Å²) in [5.41, 5.74) is 0. The lowest BCUT2D eigenvalue weighted by molar-refractivity contribution is 0.187. The first kappa shape index (κ1) is 11.7. The van der Waals surface area contributed by atoms with E-state index in [4.69, 9.17) is 0 Å². The molecule has 0 saturated carbocycles. The number of aliphatic hydroxyl groups is 1. The van der Waals surface area contributed by atoms with Gasteiger partial charge in [-0.3, -0.25) is 4.98 Å². The maximum atomic E-state index is 9.17. The Morgan fingerprint density at radius 1 is 1.53 bits per heavy atom. The summed E-state index contributed by atoms with van der Waals surface area (Å²) in [7, 11) is 3.75. The predicted octanol–water partition coefficient (Wildman–Crippen LogP) is 0.725. The van der Waals surface area contributed by atoms with Gasteiger partial charge in [-0.25, -0.2) is 4.98 Å². The van der Waals surface area contributed by atoms with Gasteiger partial charge in [0, 0.05) is 20.6 Å². The largest absolute Gasteiger partial charge is 0.393 e. The molecule has 0 fully saturated rings. The van der Waals surface area contributed by atoms with Gasteiger partial charge in [0.1, 0.15) is 11.6 Å². The monoisotopic (exact) mass is 210 g/mol. The summed E-state index contributed by atoms with van der Waals surface area (Å²) >= 11 is 0. The molecular formula is C10H18N4O. The number of aliphatic hydroxyl groups excluding tert-OH is 1. The molecule has 0 aliphatic heterocycles. The number of rotatable bonds is 5. The zero-order valence-electron chi connectivity index (χ0n) is 9.44. The number of hydrogen-bond acceptors (Lipinski definition) is 5. The SMILES string of the molecule is CNc1cncc(N(C)CCC(C)O)n1. The third-order valence-electron chi connectivity index (χ3n) is 2.15. The van der Waals surface area contributed by atoms with E-state index >= 15 is 0 Å². The van der Waals surface area contributed by atoms with Crippen LogP contribution in [0.1, 0.15) is 13.3 Å². The molecule has 1 atom stereocenters. The van der Waals surface area contributed by atoms with E-state index in [1.54, 1.807) is 19.3 Å². The second kappa shape index (κ2) is 5.50. The van der Waals surface area contributed by atoms with Crippen LogP contribution in [-0.2, 0) is 0 Å². The molecule has 1 heterocycles. The van der Waals surface area contributed by atoms with Gasteiger partial charge < -0.3 is 15.3 Å². The third-order valence-corrected chi connectivity index (χ3v) is 2.15. The zero-order chi connectivity index (χ0) is 11.3. The van der Waals surface area contributed by atoms with Gasteiger partial charge in [0.2, 0.25) is 0 Å². The molecule has 0 aliphatic carbocycles. The lowest BCUT2D eigenvalue weighted by Crippen LogP contribution is -2.23. The average molecular weight is 210 g/mol. The Labute approximate surface area is 90.2 Å². The Morgan fingerprint density at radius 2 is 2.27 bits per heavy atom. The Balaban J connectivity index is 2.60. The van der Waals surface area contributed by atoms with E-state index in [0.717, 1.165) is 24.6 Å². The highest BCUT2D eigenvalue weighted by Crippen LogP contribution is 2.10. The van der Waals surface area contributed by atoms with Crippen LogP contribution in [0.2, 0.25) is 0 Å². The van der Waals surface area contributed by atoms with Crippen molar-refractivity contribution in [2.24, 2.45) is 0 Å². The van der Waals surface area contributed by atoms with Crippen molar-refractivity contribution in [2.75, 3.05) is 30.9 Å². The number of nitrogens with one attached hydrogen (secondary N) is 1. The van der Waals surface area contributed by atoms with Crippen molar-refractivity contribution in [3.8, 4) is 0 Å². The minimum Gasteiger partial charge on any atom is -0.393 e. The molecule has 84 valence electrons. The molecular weight excluding hydrogens is 192 g/mol. The van der Waals surface area contributed by atoms with Crippen molar-refractivity contribution < 1.29 is 5.11 Å². The standard InChI is InChI=1S/C10H18N4O/c1-8(15)4-5-14(3)10-7-12-6-9(11-2)13-10/h6-8,15H,4-5H2,1-3H3,(H,11,13). The molecule has 5 nitrogen and oxygen atoms in total. The first-order chi connectivity index (χ1) is 7.13. The molecule has 5 heteroatoms. The summed E-state index contributed by atoms with van der Waals surface area (Å²) < 4.78 is 0. The average Bonchev–Trinajstić information content (AvgIpc) is 2.26. The minimum atomic E-state index is -0.284. The summed E-state index contributed by atoms with van der Waals surface area (Å²) in [6.45, 7) is 2.54. The van der Waals surface area contributed by atoms with Crippen LogP contribution in [0.5, 0.6) is 0 Å². The summed E-state index contributed by atoms with van der Waals surface area (Å²) in [6.07, 6.45) is 3.82. The van der Waals surface area contributed by atoms with Gasteiger partial charge in [-0.2, -0.15) is 0 Å². The molecule has 0 radical (unpaired) electrons. The molecule has 0 amide bonds. The number of nitrogens with zero attached hydrogens (tertiary/aromatic N) is 3. The molecule has 15 heavy (non-hydrogen) atoms. The quantitative estimate of drug-likeness (QED) is 0.750. The molecule has 1 unspecified atom stereocenters. The Bertz CT molecular complexity index is 303. The van der Waals surface area contributed by atoms with Crippen LogP contribution in [0.15, 0.2) is 12.4 Å². The topological polar surface area (TPSA) is 61.3 Å². The number of aromatic nitrogens is 2. The predicted molar refractivity (Wildman–Crippen MR) is 61.1 cm³/mol. The highest BCUT2D eigenvalue weighted by molar-refractivity contribution is 5.42. The number of hydrogen-bond donors (Lipinski definition) is 2. The fourth-order valence-corrected chi connectivity index (χ4v) is 1.16. The first-order valence-corrected chi connectivity index (χ1v) is 5.02. The summed E-state index contributed by atoms with van der Waals surface area (Å²) in [4.78, 5) is 10.4. The van der Waals surface area contributed by atoms with Crippen molar-refractivity contribution in [2.45, 2.75) is 19.4 Å². The maximum Gasteiger partial charge on any atom is 0.149 e. The molecule has 1 aromatic heterocycles. The van der Waals surface area contributed by atoms with Gasteiger partial charge in [0.25, 0.3) is 0 Å². The van der Waals surface area contributed by atoms with Crippen LogP contribution >= 0.6 is 0 Å². The Hall–Kier alpha value is -1.36. The van der Waals surface area contributed by atoms with E-state index in [2.05, 4.69) is 15.3 Å². The van der Waals surface area contributed by atoms with Crippen LogP contribution in [0.25, 0.3) is 0 Å². The molecule has 0 aliphatic rings. The third kappa shape index (κ3) is 3.71. The molecule has 0 aromatic carbocycles. The van der Waals surface area contributed by atoms with E-state index in [1.165, 1.54) is 0 Å². The van der Waals surface area contributed by atoms with Crippen molar-refractivity contribution in [1.29, 1.82) is 0 Å². The zero-order valence-corrected chi connectivity index (χ0v) is 9.44. The van der Waals surface area contributed by atoms with Crippen LogP contribution < -0.4 is 10.2 Å². The minimum absolute atomic E-state index is 0.284. The van der Waals surface area contributed by atoms with E-state index in [9.17, 15) is 5.11 Å². The van der Waals surface area contributed by atoms with Crippen LogP contribution in [0.4, 0.5) is 11.6 Å². The van der Waals surface area contributed by atoms with Crippen molar-refractivity contribution in [3.05, 3.63) is 12.4 Å². The normalized spacial score (nSPS) is 12.3. The van der Waals surface area contributed by atoms with Gasteiger partial charge >= 0.3 is 0 Å². The molecule has 0 bridgehead atoms. The highest BCUT2D eigenvalue weighted by atomic mass is 16.3.